The van der Waals surface area contributed by atoms with Gasteiger partial charge in [-0.2, -0.15) is 0 Å². The first-order valence-electron chi connectivity index (χ1n) is 6.71. The van der Waals surface area contributed by atoms with Crippen molar-refractivity contribution in [3.63, 3.8) is 0 Å². The van der Waals surface area contributed by atoms with Gasteiger partial charge in [0.1, 0.15) is 0 Å². The molecule has 0 aliphatic rings. The number of rotatable bonds is 8. The molecule has 0 bridgehead atoms. The van der Waals surface area contributed by atoms with E-state index in [1.807, 2.05) is 0 Å². The van der Waals surface area contributed by atoms with Crippen molar-refractivity contribution in [1.29, 1.82) is 0 Å². The molecule has 0 aliphatic carbocycles. The fraction of sp³-hybridized carbons (Fsp3) is 0.600. The fourth-order valence-electron chi connectivity index (χ4n) is 2.01. The molecule has 1 atom stereocenters. The van der Waals surface area contributed by atoms with Gasteiger partial charge in [-0.05, 0) is 49.9 Å². The number of nitrogens with zero attached hydrogens (tertiary/aromatic N) is 1. The molecule has 0 fully saturated rings. The molecule has 1 aromatic rings. The highest BCUT2D eigenvalue weighted by atomic mass is 32.2. The number of hydrogen-bond acceptors (Lipinski definition) is 3. The number of thioether (sulfide) groups is 1. The predicted octanol–water partition coefficient (Wildman–Crippen LogP) is 2.87. The molecule has 1 unspecified atom stereocenters. The molecule has 1 aromatic carbocycles. The van der Waals surface area contributed by atoms with Crippen molar-refractivity contribution in [3.8, 4) is 0 Å². The second kappa shape index (κ2) is 8.57. The van der Waals surface area contributed by atoms with Gasteiger partial charge in [-0.1, -0.05) is 25.5 Å². The first-order chi connectivity index (χ1) is 8.69. The Balaban J connectivity index is 2.34. The third-order valence-electron chi connectivity index (χ3n) is 3.42. The molecular formula is C15H26N2S. The first kappa shape index (κ1) is 15.5. The van der Waals surface area contributed by atoms with Crippen molar-refractivity contribution in [2.75, 3.05) is 32.9 Å². The van der Waals surface area contributed by atoms with Crippen LogP contribution in [0.25, 0.3) is 0 Å². The summed E-state index contributed by atoms with van der Waals surface area (Å²) in [6.45, 7) is 5.22. The Kier molecular flexibility index (Phi) is 7.40. The quantitative estimate of drug-likeness (QED) is 0.734. The van der Waals surface area contributed by atoms with Crippen molar-refractivity contribution >= 4 is 11.8 Å². The lowest BCUT2D eigenvalue weighted by molar-refractivity contribution is 0.277. The number of nitrogens with two attached hydrogens (primary N) is 1. The van der Waals surface area contributed by atoms with Crippen molar-refractivity contribution in [2.24, 2.45) is 11.7 Å². The van der Waals surface area contributed by atoms with Crippen molar-refractivity contribution in [3.05, 3.63) is 29.8 Å². The highest BCUT2D eigenvalue weighted by Crippen LogP contribution is 2.15. The maximum atomic E-state index is 5.74. The highest BCUT2D eigenvalue weighted by molar-refractivity contribution is 7.98. The minimum Gasteiger partial charge on any atom is -0.330 e. The zero-order valence-corrected chi connectivity index (χ0v) is 12.7. The monoisotopic (exact) mass is 266 g/mol. The van der Waals surface area contributed by atoms with E-state index >= 15 is 0 Å². The Morgan fingerprint density at radius 1 is 1.28 bits per heavy atom. The number of likely N-dealkylation sites (N-methyl/N-ethyl adjacent to an activating group) is 1. The molecule has 0 radical (unpaired) electrons. The SMILES string of the molecule is CCC(CN)CN(C)CCc1ccc(SC)cc1. The van der Waals surface area contributed by atoms with Gasteiger partial charge in [0.2, 0.25) is 0 Å². The summed E-state index contributed by atoms with van der Waals surface area (Å²) in [5, 5.41) is 0. The van der Waals surface area contributed by atoms with Crippen LogP contribution < -0.4 is 5.73 Å². The molecule has 2 nitrogen and oxygen atoms in total. The van der Waals surface area contributed by atoms with Crippen LogP contribution >= 0.6 is 11.8 Å². The van der Waals surface area contributed by atoms with E-state index in [0.29, 0.717) is 5.92 Å². The molecular weight excluding hydrogens is 240 g/mol. The molecule has 102 valence electrons. The predicted molar refractivity (Wildman–Crippen MR) is 82.3 cm³/mol. The second-order valence-electron chi connectivity index (χ2n) is 4.87. The van der Waals surface area contributed by atoms with Gasteiger partial charge in [-0.15, -0.1) is 11.8 Å². The Bertz CT molecular complexity index is 320. The van der Waals surface area contributed by atoms with Crippen LogP contribution in [0.15, 0.2) is 29.2 Å². The van der Waals surface area contributed by atoms with E-state index in [2.05, 4.69) is 49.4 Å². The molecule has 0 heterocycles. The van der Waals surface area contributed by atoms with E-state index in [9.17, 15) is 0 Å². The summed E-state index contributed by atoms with van der Waals surface area (Å²) in [5.74, 6) is 0.633. The Hall–Kier alpha value is -0.510. The summed E-state index contributed by atoms with van der Waals surface area (Å²) in [7, 11) is 2.19. The van der Waals surface area contributed by atoms with Crippen LogP contribution in [0.4, 0.5) is 0 Å². The van der Waals surface area contributed by atoms with Crippen LogP contribution in [0.3, 0.4) is 0 Å². The highest BCUT2D eigenvalue weighted by Gasteiger charge is 2.07. The van der Waals surface area contributed by atoms with Gasteiger partial charge in [0.15, 0.2) is 0 Å². The lowest BCUT2D eigenvalue weighted by Crippen LogP contribution is -2.31. The van der Waals surface area contributed by atoms with E-state index in [-0.39, 0.29) is 0 Å². The van der Waals surface area contributed by atoms with Crippen LogP contribution in [-0.4, -0.2) is 37.8 Å². The molecule has 2 N–H and O–H groups in total. The van der Waals surface area contributed by atoms with Crippen molar-refractivity contribution in [2.45, 2.75) is 24.7 Å². The third kappa shape index (κ3) is 5.42. The van der Waals surface area contributed by atoms with Crippen LogP contribution in [0, 0.1) is 5.92 Å². The van der Waals surface area contributed by atoms with Gasteiger partial charge >= 0.3 is 0 Å². The van der Waals surface area contributed by atoms with Crippen LogP contribution in [0.1, 0.15) is 18.9 Å². The lowest BCUT2D eigenvalue weighted by atomic mass is 10.1. The van der Waals surface area contributed by atoms with Gasteiger partial charge in [0.05, 0.1) is 0 Å². The summed E-state index contributed by atoms with van der Waals surface area (Å²) in [6, 6.07) is 8.88. The van der Waals surface area contributed by atoms with Gasteiger partial charge in [-0.3, -0.25) is 0 Å². The summed E-state index contributed by atoms with van der Waals surface area (Å²) >= 11 is 1.79. The van der Waals surface area contributed by atoms with E-state index in [1.165, 1.54) is 16.9 Å². The summed E-state index contributed by atoms with van der Waals surface area (Å²) < 4.78 is 0. The molecule has 18 heavy (non-hydrogen) atoms. The summed E-state index contributed by atoms with van der Waals surface area (Å²) in [6.07, 6.45) is 4.40. The maximum Gasteiger partial charge on any atom is 0.00693 e. The minimum atomic E-state index is 0.633. The second-order valence-corrected chi connectivity index (χ2v) is 5.75. The first-order valence-corrected chi connectivity index (χ1v) is 7.93. The van der Waals surface area contributed by atoms with Gasteiger partial charge in [0, 0.05) is 18.0 Å². The standard InChI is InChI=1S/C15H26N2S/c1-4-13(11-16)12-17(2)10-9-14-5-7-15(18-3)8-6-14/h5-8,13H,4,9-12,16H2,1-3H3. The molecule has 0 aliphatic heterocycles. The minimum absolute atomic E-state index is 0.633. The zero-order valence-electron chi connectivity index (χ0n) is 11.9. The van der Waals surface area contributed by atoms with Crippen molar-refractivity contribution in [1.82, 2.24) is 4.90 Å². The smallest absolute Gasteiger partial charge is 0.00693 e. The molecule has 0 aromatic heterocycles. The number of hydrogen-bond donors (Lipinski definition) is 1. The average molecular weight is 266 g/mol. The maximum absolute atomic E-state index is 5.74. The van der Waals surface area contributed by atoms with Gasteiger partial charge in [-0.25, -0.2) is 0 Å². The lowest BCUT2D eigenvalue weighted by Gasteiger charge is -2.22. The topological polar surface area (TPSA) is 29.3 Å². The normalized spacial score (nSPS) is 12.9. The molecule has 0 saturated carbocycles. The third-order valence-corrected chi connectivity index (χ3v) is 4.17. The summed E-state index contributed by atoms with van der Waals surface area (Å²) in [5.41, 5.74) is 7.16. The fourth-order valence-corrected chi connectivity index (χ4v) is 2.42. The number of benzene rings is 1. The largest absolute Gasteiger partial charge is 0.330 e. The Morgan fingerprint density at radius 2 is 1.94 bits per heavy atom. The molecule has 0 saturated heterocycles. The van der Waals surface area contributed by atoms with E-state index < -0.39 is 0 Å². The average Bonchev–Trinajstić information content (AvgIpc) is 2.43. The molecule has 0 spiro atoms. The van der Waals surface area contributed by atoms with E-state index in [4.69, 9.17) is 5.73 Å². The van der Waals surface area contributed by atoms with Crippen molar-refractivity contribution < 1.29 is 0 Å². The van der Waals surface area contributed by atoms with Gasteiger partial charge in [0.25, 0.3) is 0 Å². The van der Waals surface area contributed by atoms with E-state index in [1.54, 1.807) is 11.8 Å². The molecule has 0 amide bonds. The summed E-state index contributed by atoms with van der Waals surface area (Å²) in [4.78, 5) is 3.73. The van der Waals surface area contributed by atoms with Crippen LogP contribution in [-0.2, 0) is 6.42 Å². The van der Waals surface area contributed by atoms with Crippen LogP contribution in [0.2, 0.25) is 0 Å². The zero-order chi connectivity index (χ0) is 13.4. The molecule has 3 heteroatoms. The van der Waals surface area contributed by atoms with E-state index in [0.717, 1.165) is 26.1 Å². The van der Waals surface area contributed by atoms with Crippen LogP contribution in [0.5, 0.6) is 0 Å². The Labute approximate surface area is 116 Å². The Morgan fingerprint density at radius 3 is 2.44 bits per heavy atom. The van der Waals surface area contributed by atoms with Gasteiger partial charge < -0.3 is 10.6 Å². The molecule has 1 rings (SSSR count).